The van der Waals surface area contributed by atoms with Crippen LogP contribution in [0.25, 0.3) is 0 Å². The van der Waals surface area contributed by atoms with Gasteiger partial charge in [-0.15, -0.1) is 0 Å². The first kappa shape index (κ1) is 20.2. The molecule has 3 N–H and O–H groups in total. The largest absolute Gasteiger partial charge is 0.396 e. The van der Waals surface area contributed by atoms with E-state index in [9.17, 15) is 9.59 Å². The predicted molar refractivity (Wildman–Crippen MR) is 97.1 cm³/mol. The zero-order valence-corrected chi connectivity index (χ0v) is 15.3. The summed E-state index contributed by atoms with van der Waals surface area (Å²) in [6, 6.07) is 5.19. The summed E-state index contributed by atoms with van der Waals surface area (Å²) in [6.07, 6.45) is 1.00. The van der Waals surface area contributed by atoms with Gasteiger partial charge < -0.3 is 15.7 Å². The minimum absolute atomic E-state index is 0.0203. The average Bonchev–Trinajstić information content (AvgIpc) is 2.47. The molecule has 2 amide bonds. The molecule has 0 spiro atoms. The second-order valence-corrected chi connectivity index (χ2v) is 7.01. The van der Waals surface area contributed by atoms with Crippen LogP contribution >= 0.6 is 0 Å². The van der Waals surface area contributed by atoms with Crippen molar-refractivity contribution in [2.45, 2.75) is 53.5 Å². The highest BCUT2D eigenvalue weighted by Gasteiger charge is 2.17. The summed E-state index contributed by atoms with van der Waals surface area (Å²) in [5, 5.41) is 14.9. The number of anilines is 1. The maximum absolute atomic E-state index is 12.4. The van der Waals surface area contributed by atoms with Crippen molar-refractivity contribution in [2.75, 3.05) is 11.9 Å². The van der Waals surface area contributed by atoms with Gasteiger partial charge in [-0.05, 0) is 48.9 Å². The highest BCUT2D eigenvalue weighted by Crippen LogP contribution is 2.18. The number of rotatable bonds is 8. The van der Waals surface area contributed by atoms with Crippen LogP contribution in [0.4, 0.5) is 5.69 Å². The molecule has 0 aliphatic rings. The van der Waals surface area contributed by atoms with Gasteiger partial charge in [0.2, 0.25) is 5.91 Å². The van der Waals surface area contributed by atoms with Crippen molar-refractivity contribution in [1.82, 2.24) is 5.32 Å². The first-order chi connectivity index (χ1) is 11.2. The number of carbonyl (C=O) groups excluding carboxylic acids is 2. The van der Waals surface area contributed by atoms with Gasteiger partial charge in [0.15, 0.2) is 0 Å². The van der Waals surface area contributed by atoms with Crippen LogP contribution in [0, 0.1) is 18.8 Å². The fourth-order valence-electron chi connectivity index (χ4n) is 2.48. The van der Waals surface area contributed by atoms with E-state index in [0.29, 0.717) is 24.3 Å². The Bertz CT molecular complexity index is 568. The summed E-state index contributed by atoms with van der Waals surface area (Å²) in [4.78, 5) is 24.3. The zero-order valence-electron chi connectivity index (χ0n) is 15.3. The van der Waals surface area contributed by atoms with E-state index in [1.165, 1.54) is 0 Å². The minimum Gasteiger partial charge on any atom is -0.396 e. The SMILES string of the molecule is Cc1cc(C(=O)NC(CCO)C(C)C)ccc1NC(=O)CC(C)C. The second-order valence-electron chi connectivity index (χ2n) is 7.01. The molecule has 0 bridgehead atoms. The molecule has 0 aromatic heterocycles. The third-order valence-electron chi connectivity index (χ3n) is 3.92. The number of amides is 2. The number of aryl methyl sites for hydroxylation is 1. The van der Waals surface area contributed by atoms with E-state index in [-0.39, 0.29) is 30.4 Å². The molecular weight excluding hydrogens is 304 g/mol. The highest BCUT2D eigenvalue weighted by molar-refractivity contribution is 5.96. The van der Waals surface area contributed by atoms with E-state index in [1.807, 2.05) is 34.6 Å². The van der Waals surface area contributed by atoms with Gasteiger partial charge in [-0.2, -0.15) is 0 Å². The van der Waals surface area contributed by atoms with Gasteiger partial charge in [0, 0.05) is 30.3 Å². The van der Waals surface area contributed by atoms with Gasteiger partial charge in [-0.25, -0.2) is 0 Å². The quantitative estimate of drug-likeness (QED) is 0.683. The van der Waals surface area contributed by atoms with Crippen LogP contribution in [0.15, 0.2) is 18.2 Å². The molecule has 0 heterocycles. The predicted octanol–water partition coefficient (Wildman–Crippen LogP) is 3.12. The van der Waals surface area contributed by atoms with E-state index >= 15 is 0 Å². The lowest BCUT2D eigenvalue weighted by molar-refractivity contribution is -0.116. The second kappa shape index (κ2) is 9.42. The number of hydrogen-bond acceptors (Lipinski definition) is 3. The lowest BCUT2D eigenvalue weighted by Crippen LogP contribution is -2.39. The number of carbonyl (C=O) groups is 2. The topological polar surface area (TPSA) is 78.4 Å². The molecule has 0 aliphatic carbocycles. The molecule has 1 aromatic carbocycles. The van der Waals surface area contributed by atoms with Crippen LogP contribution in [0.1, 0.15) is 56.5 Å². The third-order valence-corrected chi connectivity index (χ3v) is 3.92. The first-order valence-corrected chi connectivity index (χ1v) is 8.56. The van der Waals surface area contributed by atoms with Gasteiger partial charge in [-0.3, -0.25) is 9.59 Å². The Kier molecular flexibility index (Phi) is 7.92. The monoisotopic (exact) mass is 334 g/mol. The summed E-state index contributed by atoms with van der Waals surface area (Å²) in [7, 11) is 0. The van der Waals surface area contributed by atoms with Crippen LogP contribution in [-0.2, 0) is 4.79 Å². The van der Waals surface area contributed by atoms with Gasteiger partial charge in [0.25, 0.3) is 5.91 Å². The molecule has 0 aliphatic heterocycles. The van der Waals surface area contributed by atoms with E-state index < -0.39 is 0 Å². The molecule has 5 nitrogen and oxygen atoms in total. The third kappa shape index (κ3) is 6.32. The Morgan fingerprint density at radius 3 is 2.33 bits per heavy atom. The van der Waals surface area contributed by atoms with Crippen LogP contribution < -0.4 is 10.6 Å². The van der Waals surface area contributed by atoms with Gasteiger partial charge in [0.05, 0.1) is 0 Å². The van der Waals surface area contributed by atoms with E-state index in [0.717, 1.165) is 11.3 Å². The lowest BCUT2D eigenvalue weighted by atomic mass is 10.0. The van der Waals surface area contributed by atoms with Crippen molar-refractivity contribution in [1.29, 1.82) is 0 Å². The van der Waals surface area contributed by atoms with Crippen molar-refractivity contribution < 1.29 is 14.7 Å². The average molecular weight is 334 g/mol. The Balaban J connectivity index is 2.79. The van der Waals surface area contributed by atoms with Gasteiger partial charge in [-0.1, -0.05) is 27.7 Å². The Morgan fingerprint density at radius 2 is 1.83 bits per heavy atom. The van der Waals surface area contributed by atoms with Crippen LogP contribution in [0.3, 0.4) is 0 Å². The summed E-state index contributed by atoms with van der Waals surface area (Å²) >= 11 is 0. The maximum atomic E-state index is 12.4. The molecular formula is C19H30N2O3. The number of benzene rings is 1. The number of aliphatic hydroxyl groups excluding tert-OH is 1. The summed E-state index contributed by atoms with van der Waals surface area (Å²) in [6.45, 7) is 9.94. The van der Waals surface area contributed by atoms with Crippen molar-refractivity contribution >= 4 is 17.5 Å². The van der Waals surface area contributed by atoms with E-state index in [4.69, 9.17) is 5.11 Å². The van der Waals surface area contributed by atoms with Crippen molar-refractivity contribution in [3.63, 3.8) is 0 Å². The molecule has 1 rings (SSSR count). The fraction of sp³-hybridized carbons (Fsp3) is 0.579. The van der Waals surface area contributed by atoms with Crippen LogP contribution in [0.2, 0.25) is 0 Å². The molecule has 1 unspecified atom stereocenters. The minimum atomic E-state index is -0.162. The van der Waals surface area contributed by atoms with E-state index in [1.54, 1.807) is 18.2 Å². The molecule has 0 fully saturated rings. The Hall–Kier alpha value is -1.88. The lowest BCUT2D eigenvalue weighted by Gasteiger charge is -2.21. The summed E-state index contributed by atoms with van der Waals surface area (Å²) in [5.74, 6) is 0.366. The first-order valence-electron chi connectivity index (χ1n) is 8.56. The number of nitrogens with one attached hydrogen (secondary N) is 2. The van der Waals surface area contributed by atoms with E-state index in [2.05, 4.69) is 10.6 Å². The number of hydrogen-bond donors (Lipinski definition) is 3. The van der Waals surface area contributed by atoms with Crippen molar-refractivity contribution in [3.8, 4) is 0 Å². The molecule has 134 valence electrons. The van der Waals surface area contributed by atoms with Gasteiger partial charge >= 0.3 is 0 Å². The standard InChI is InChI=1S/C19H30N2O3/c1-12(2)10-18(23)20-17-7-6-15(11-14(17)5)19(24)21-16(8-9-22)13(3)4/h6-7,11-13,16,22H,8-10H2,1-5H3,(H,20,23)(H,21,24). The maximum Gasteiger partial charge on any atom is 0.251 e. The van der Waals surface area contributed by atoms with Crippen LogP contribution in [0.5, 0.6) is 0 Å². The van der Waals surface area contributed by atoms with Crippen molar-refractivity contribution in [2.24, 2.45) is 11.8 Å². The fourth-order valence-corrected chi connectivity index (χ4v) is 2.48. The molecule has 1 aromatic rings. The Labute approximate surface area is 144 Å². The summed E-state index contributed by atoms with van der Waals surface area (Å²) in [5.41, 5.74) is 2.13. The Morgan fingerprint density at radius 1 is 1.17 bits per heavy atom. The molecule has 0 saturated carbocycles. The normalized spacial score (nSPS) is 12.3. The molecule has 1 atom stereocenters. The zero-order chi connectivity index (χ0) is 18.3. The van der Waals surface area contributed by atoms with Crippen molar-refractivity contribution in [3.05, 3.63) is 29.3 Å². The molecule has 0 saturated heterocycles. The molecule has 0 radical (unpaired) electrons. The molecule has 5 heteroatoms. The molecule has 24 heavy (non-hydrogen) atoms. The highest BCUT2D eigenvalue weighted by atomic mass is 16.3. The van der Waals surface area contributed by atoms with Crippen LogP contribution in [-0.4, -0.2) is 29.6 Å². The summed E-state index contributed by atoms with van der Waals surface area (Å²) < 4.78 is 0. The number of aliphatic hydroxyl groups is 1. The van der Waals surface area contributed by atoms with Gasteiger partial charge in [0.1, 0.15) is 0 Å². The smallest absolute Gasteiger partial charge is 0.251 e.